The van der Waals surface area contributed by atoms with Gasteiger partial charge >= 0.3 is 7.60 Å². The number of carbonyl (C=O) groups excluding carboxylic acids is 2. The van der Waals surface area contributed by atoms with Gasteiger partial charge in [-0.1, -0.05) is 13.8 Å². The zero-order valence-corrected chi connectivity index (χ0v) is 33.8. The Hall–Kier alpha value is -2.96. The van der Waals surface area contributed by atoms with Crippen LogP contribution in [0.4, 0.5) is 5.82 Å². The van der Waals surface area contributed by atoms with Crippen LogP contribution in [0.3, 0.4) is 0 Å². The molecule has 0 aromatic carbocycles. The Morgan fingerprint density at radius 2 is 1.74 bits per heavy atom. The molecule has 4 rings (SSSR count). The summed E-state index contributed by atoms with van der Waals surface area (Å²) in [7, 11) is -4.11. The van der Waals surface area contributed by atoms with Crippen molar-refractivity contribution in [2.75, 3.05) is 58.7 Å². The summed E-state index contributed by atoms with van der Waals surface area (Å²) in [5, 5.41) is 35.2. The SMILES string of the molecule is CC(=O)N[C@H]1C(OCCCCC(=O)NCCOCCOCO[C@H]2C(n3cnc4c(N)ncnc43)OC(COC(C)C)[C@H]2OP(=O)(O)C(C)C)OC(CO)C(O)C1O. The van der Waals surface area contributed by atoms with Crippen molar-refractivity contribution in [3.8, 4) is 0 Å². The highest BCUT2D eigenvalue weighted by Crippen LogP contribution is 2.52. The number of aliphatic hydroxyl groups is 3. The molecule has 2 aliphatic rings. The number of nitrogens with one attached hydrogen (secondary N) is 2. The lowest BCUT2D eigenvalue weighted by Gasteiger charge is -2.42. The molecule has 4 heterocycles. The number of aromatic nitrogens is 4. The molecular weight excluding hydrogens is 777 g/mol. The molecule has 2 aliphatic heterocycles. The molecule has 0 spiro atoms. The van der Waals surface area contributed by atoms with Gasteiger partial charge in [-0.2, -0.15) is 0 Å². The summed E-state index contributed by atoms with van der Waals surface area (Å²) < 4.78 is 61.2. The maximum absolute atomic E-state index is 13.1. The number of unbranched alkanes of at least 4 members (excludes halogenated alkanes) is 1. The predicted octanol–water partition coefficient (Wildman–Crippen LogP) is -0.667. The Bertz CT molecular complexity index is 1610. The molecule has 2 fully saturated rings. The van der Waals surface area contributed by atoms with Crippen LogP contribution < -0.4 is 16.4 Å². The van der Waals surface area contributed by atoms with Gasteiger partial charge in [0.1, 0.15) is 61.3 Å². The molecule has 0 saturated carbocycles. The summed E-state index contributed by atoms with van der Waals surface area (Å²) in [6.07, 6.45) is -4.97. The third-order valence-corrected chi connectivity index (χ3v) is 10.9. The maximum Gasteiger partial charge on any atom is 0.331 e. The van der Waals surface area contributed by atoms with Crippen molar-refractivity contribution < 1.29 is 72.0 Å². The lowest BCUT2D eigenvalue weighted by Crippen LogP contribution is -2.64. The summed E-state index contributed by atoms with van der Waals surface area (Å²) >= 11 is 0. The summed E-state index contributed by atoms with van der Waals surface area (Å²) in [6, 6.07) is -1.03. The van der Waals surface area contributed by atoms with Crippen LogP contribution in [0.15, 0.2) is 12.7 Å². The number of carbonyl (C=O) groups is 2. The quantitative estimate of drug-likeness (QED) is 0.0392. The van der Waals surface area contributed by atoms with E-state index in [2.05, 4.69) is 25.6 Å². The number of nitrogen functional groups attached to an aromatic ring is 1. The monoisotopic (exact) mass is 835 g/mol. The van der Waals surface area contributed by atoms with E-state index < -0.39 is 81.0 Å². The predicted molar refractivity (Wildman–Crippen MR) is 199 cm³/mol. The molecule has 7 unspecified atom stereocenters. The number of hydrogen-bond acceptors (Lipinski definition) is 18. The molecule has 2 aromatic heterocycles. The first-order chi connectivity index (χ1) is 27.1. The highest BCUT2D eigenvalue weighted by atomic mass is 31.2. The third-order valence-electron chi connectivity index (χ3n) is 9.08. The Kier molecular flexibility index (Phi) is 18.4. The van der Waals surface area contributed by atoms with Crippen LogP contribution in [0, 0.1) is 0 Å². The molecule has 22 nitrogen and oxygen atoms in total. The van der Waals surface area contributed by atoms with E-state index in [9.17, 15) is 34.4 Å². The highest BCUT2D eigenvalue weighted by molar-refractivity contribution is 7.53. The van der Waals surface area contributed by atoms with Gasteiger partial charge < -0.3 is 69.7 Å². The van der Waals surface area contributed by atoms with E-state index in [1.165, 1.54) is 19.6 Å². The highest BCUT2D eigenvalue weighted by Gasteiger charge is 2.51. The van der Waals surface area contributed by atoms with Gasteiger partial charge in [-0.05, 0) is 26.7 Å². The number of nitrogens with zero attached hydrogens (tertiary/aromatic N) is 4. The maximum atomic E-state index is 13.1. The molecule has 10 atom stereocenters. The Morgan fingerprint density at radius 3 is 2.44 bits per heavy atom. The van der Waals surface area contributed by atoms with Gasteiger partial charge in [0.25, 0.3) is 0 Å². The molecule has 2 saturated heterocycles. The molecule has 57 heavy (non-hydrogen) atoms. The van der Waals surface area contributed by atoms with Crippen LogP contribution in [0.5, 0.6) is 0 Å². The van der Waals surface area contributed by atoms with Crippen LogP contribution in [-0.4, -0.2) is 165 Å². The van der Waals surface area contributed by atoms with Gasteiger partial charge in [-0.25, -0.2) is 15.0 Å². The second kappa shape index (κ2) is 22.4. The van der Waals surface area contributed by atoms with Gasteiger partial charge in [-0.3, -0.25) is 23.2 Å². The smallest absolute Gasteiger partial charge is 0.331 e. The summed E-state index contributed by atoms with van der Waals surface area (Å²) in [6.45, 7) is 8.29. The van der Waals surface area contributed by atoms with Gasteiger partial charge in [-0.15, -0.1) is 0 Å². The van der Waals surface area contributed by atoms with Crippen LogP contribution in [0.2, 0.25) is 0 Å². The molecule has 2 aromatic rings. The average molecular weight is 836 g/mol. The molecule has 0 bridgehead atoms. The number of amides is 2. The Morgan fingerprint density at radius 1 is 0.982 bits per heavy atom. The van der Waals surface area contributed by atoms with Crippen molar-refractivity contribution >= 4 is 36.4 Å². The van der Waals surface area contributed by atoms with Crippen LogP contribution in [-0.2, 0) is 51.8 Å². The third kappa shape index (κ3) is 13.3. The van der Waals surface area contributed by atoms with Crippen LogP contribution >= 0.6 is 7.60 Å². The van der Waals surface area contributed by atoms with E-state index in [0.717, 1.165) is 0 Å². The first kappa shape index (κ1) is 46.7. The lowest BCUT2D eigenvalue weighted by molar-refractivity contribution is -0.270. The number of hydrogen-bond donors (Lipinski definition) is 7. The van der Waals surface area contributed by atoms with Crippen molar-refractivity contribution in [1.82, 2.24) is 30.2 Å². The van der Waals surface area contributed by atoms with Gasteiger partial charge in [0.15, 0.2) is 24.0 Å². The van der Waals surface area contributed by atoms with E-state index in [4.69, 9.17) is 43.4 Å². The number of rotatable bonds is 24. The van der Waals surface area contributed by atoms with E-state index in [0.29, 0.717) is 24.0 Å². The number of ether oxygens (including phenoxy) is 7. The van der Waals surface area contributed by atoms with Gasteiger partial charge in [0.05, 0.1) is 51.1 Å². The molecule has 0 aliphatic carbocycles. The fourth-order valence-corrected chi connectivity index (χ4v) is 6.81. The fraction of sp³-hybridized carbons (Fsp3) is 0.794. The van der Waals surface area contributed by atoms with Crippen molar-refractivity contribution in [2.24, 2.45) is 0 Å². The van der Waals surface area contributed by atoms with E-state index in [-0.39, 0.29) is 70.6 Å². The van der Waals surface area contributed by atoms with Crippen molar-refractivity contribution in [3.05, 3.63) is 12.7 Å². The number of aliphatic hydroxyl groups excluding tert-OH is 3. The zero-order valence-electron chi connectivity index (χ0n) is 32.9. The minimum Gasteiger partial charge on any atom is -0.394 e. The zero-order chi connectivity index (χ0) is 41.7. The van der Waals surface area contributed by atoms with Crippen LogP contribution in [0.1, 0.15) is 60.1 Å². The van der Waals surface area contributed by atoms with E-state index >= 15 is 0 Å². The number of anilines is 1. The largest absolute Gasteiger partial charge is 0.394 e. The van der Waals surface area contributed by atoms with Crippen molar-refractivity contribution in [3.63, 3.8) is 0 Å². The lowest BCUT2D eigenvalue weighted by atomic mass is 9.97. The minimum absolute atomic E-state index is 0.0439. The summed E-state index contributed by atoms with van der Waals surface area (Å²) in [5.41, 5.74) is 6.01. The van der Waals surface area contributed by atoms with Crippen LogP contribution in [0.25, 0.3) is 11.2 Å². The molecule has 23 heteroatoms. The van der Waals surface area contributed by atoms with Gasteiger partial charge in [0.2, 0.25) is 11.8 Å². The van der Waals surface area contributed by atoms with E-state index in [1.807, 2.05) is 13.8 Å². The minimum atomic E-state index is -4.11. The molecule has 2 amide bonds. The molecular formula is C34H58N7O15P. The summed E-state index contributed by atoms with van der Waals surface area (Å²) in [4.78, 5) is 47.2. The van der Waals surface area contributed by atoms with Crippen molar-refractivity contribution in [2.45, 2.75) is 121 Å². The Labute approximate surface area is 330 Å². The standard InChI is InChI=1S/C34H58N7O15P/c1-19(2)52-15-23-29(56-57(47,48)20(3)4)30(33(54-23)41-17-39-26-31(35)37-16-38-32(26)41)53-18-50-13-12-49-11-9-36-24(44)8-6-7-10-51-34-25(40-21(5)43)28(46)27(45)22(14-42)55-34/h16-17,19-20,22-23,25,27-30,33-34,42,45-46H,6-15,18H2,1-5H3,(H,36,44)(H,40,43)(H,47,48)(H2,35,37,38)/t22?,23?,25-,27?,28?,29-,30-,33?,34?/m1/s1. The van der Waals surface area contributed by atoms with Gasteiger partial charge in [0, 0.05) is 26.5 Å². The fourth-order valence-electron chi connectivity index (χ4n) is 5.97. The number of fused-ring (bicyclic) bond motifs is 1. The second-order valence-electron chi connectivity index (χ2n) is 14.1. The molecule has 8 N–H and O–H groups in total. The molecule has 324 valence electrons. The first-order valence-corrected chi connectivity index (χ1v) is 20.5. The van der Waals surface area contributed by atoms with E-state index in [1.54, 1.807) is 18.4 Å². The number of imidazole rings is 1. The summed E-state index contributed by atoms with van der Waals surface area (Å²) in [5.74, 6) is -0.481. The average Bonchev–Trinajstić information content (AvgIpc) is 3.73. The normalized spacial score (nSPS) is 27.6. The first-order valence-electron chi connectivity index (χ1n) is 18.9. The number of nitrogens with two attached hydrogens (primary N) is 1. The Balaban J connectivity index is 1.18. The topological polar surface area (TPSA) is 300 Å². The second-order valence-corrected chi connectivity index (χ2v) is 16.5. The molecule has 0 radical (unpaired) electrons. The van der Waals surface area contributed by atoms with Crippen molar-refractivity contribution in [1.29, 1.82) is 0 Å².